The number of halogens is 2. The van der Waals surface area contributed by atoms with Crippen LogP contribution >= 0.6 is 0 Å². The monoisotopic (exact) mass is 532 g/mol. The fourth-order valence-corrected chi connectivity index (χ4v) is 6.36. The first-order valence-corrected chi connectivity index (χ1v) is 14.2. The van der Waals surface area contributed by atoms with Crippen molar-refractivity contribution < 1.29 is 13.5 Å². The highest BCUT2D eigenvalue weighted by Gasteiger charge is 2.31. The molecule has 2 fully saturated rings. The number of nitrogens with zero attached hydrogens (tertiary/aromatic N) is 4. The second kappa shape index (κ2) is 10.4. The van der Waals surface area contributed by atoms with Crippen LogP contribution in [0.1, 0.15) is 49.1 Å². The van der Waals surface area contributed by atoms with Crippen LogP contribution in [0.3, 0.4) is 0 Å². The molecule has 4 heterocycles. The molecule has 2 aromatic heterocycles. The minimum absolute atomic E-state index is 0.312. The smallest absolute Gasteiger partial charge is 0.159 e. The topological polar surface area (TPSA) is 73.1 Å². The van der Waals surface area contributed by atoms with Gasteiger partial charge in [0.2, 0.25) is 0 Å². The standard InChI is InChI=1S/C30H34F2N6O/c31-21-12-20(13-22(32)14-21)8-11-39-24-4-5-26-25(15-24)29(36-35-26)30-33-27-17-37(18-28(27)34-30)16-19-6-9-38(10-7-19)23-2-1-3-23/h4-5,12-15,19,23H,1-3,6-11,16-18H2,(H,33,34)(H,35,36). The Kier molecular flexibility index (Phi) is 6.56. The lowest BCUT2D eigenvalue weighted by Gasteiger charge is -2.42. The largest absolute Gasteiger partial charge is 0.493 e. The Bertz CT molecular complexity index is 1430. The number of nitrogens with one attached hydrogen (secondary N) is 2. The van der Waals surface area contributed by atoms with E-state index in [4.69, 9.17) is 9.72 Å². The normalized spacial score (nSPS) is 19.0. The van der Waals surface area contributed by atoms with Crippen molar-refractivity contribution >= 4 is 10.9 Å². The van der Waals surface area contributed by atoms with E-state index in [0.717, 1.165) is 65.8 Å². The highest BCUT2D eigenvalue weighted by Crippen LogP contribution is 2.33. The van der Waals surface area contributed by atoms with Crippen molar-refractivity contribution in [1.29, 1.82) is 0 Å². The maximum atomic E-state index is 13.5. The summed E-state index contributed by atoms with van der Waals surface area (Å²) in [6.45, 7) is 5.77. The van der Waals surface area contributed by atoms with E-state index in [2.05, 4.69) is 25.0 Å². The molecule has 4 aromatic rings. The lowest BCUT2D eigenvalue weighted by molar-refractivity contribution is 0.0723. The van der Waals surface area contributed by atoms with Crippen LogP contribution in [-0.2, 0) is 19.5 Å². The van der Waals surface area contributed by atoms with Gasteiger partial charge in [-0.15, -0.1) is 0 Å². The van der Waals surface area contributed by atoms with Crippen molar-refractivity contribution in [2.24, 2.45) is 5.92 Å². The first-order valence-electron chi connectivity index (χ1n) is 14.2. The average Bonchev–Trinajstić information content (AvgIpc) is 3.56. The molecule has 0 radical (unpaired) electrons. The van der Waals surface area contributed by atoms with Gasteiger partial charge in [-0.05, 0) is 80.6 Å². The minimum atomic E-state index is -0.576. The quantitative estimate of drug-likeness (QED) is 0.317. The zero-order valence-electron chi connectivity index (χ0n) is 22.1. The molecule has 0 spiro atoms. The molecule has 2 N–H and O–H groups in total. The third-order valence-electron chi connectivity index (χ3n) is 8.72. The predicted octanol–water partition coefficient (Wildman–Crippen LogP) is 5.43. The summed E-state index contributed by atoms with van der Waals surface area (Å²) in [6.07, 6.45) is 7.24. The number of aromatic nitrogens is 4. The predicted molar refractivity (Wildman–Crippen MR) is 145 cm³/mol. The SMILES string of the molecule is Fc1cc(F)cc(CCOc2ccc3[nH]nc(-c4nc5c([nH]4)CN(CC4CCN(C6CCC6)CC4)C5)c3c2)c1. The summed E-state index contributed by atoms with van der Waals surface area (Å²) in [4.78, 5) is 13.7. The molecule has 7 nitrogen and oxygen atoms in total. The molecule has 1 aliphatic carbocycles. The van der Waals surface area contributed by atoms with E-state index >= 15 is 0 Å². The molecule has 1 saturated carbocycles. The lowest BCUT2D eigenvalue weighted by atomic mass is 9.88. The molecule has 0 unspecified atom stereocenters. The summed E-state index contributed by atoms with van der Waals surface area (Å²) < 4.78 is 32.8. The van der Waals surface area contributed by atoms with Gasteiger partial charge in [0.05, 0.1) is 23.5 Å². The Labute approximate surface area is 226 Å². The number of rotatable bonds is 8. The first-order chi connectivity index (χ1) is 19.1. The van der Waals surface area contributed by atoms with Gasteiger partial charge in [-0.25, -0.2) is 13.8 Å². The number of H-pyrrole nitrogens is 2. The number of aromatic amines is 2. The second-order valence-corrected chi connectivity index (χ2v) is 11.4. The van der Waals surface area contributed by atoms with Crippen LogP contribution in [0.25, 0.3) is 22.4 Å². The number of hydrogen-bond acceptors (Lipinski definition) is 5. The van der Waals surface area contributed by atoms with Crippen LogP contribution < -0.4 is 4.74 Å². The number of piperidine rings is 1. The molecule has 39 heavy (non-hydrogen) atoms. The van der Waals surface area contributed by atoms with Crippen LogP contribution in [0.4, 0.5) is 8.78 Å². The molecule has 3 aliphatic rings. The summed E-state index contributed by atoms with van der Waals surface area (Å²) in [5, 5.41) is 8.55. The number of fused-ring (bicyclic) bond motifs is 2. The van der Waals surface area contributed by atoms with E-state index in [1.807, 2.05) is 18.2 Å². The van der Waals surface area contributed by atoms with Crippen molar-refractivity contribution in [3.63, 3.8) is 0 Å². The van der Waals surface area contributed by atoms with Crippen LogP contribution in [-0.4, -0.2) is 62.2 Å². The lowest BCUT2D eigenvalue weighted by Crippen LogP contribution is -2.46. The molecular weight excluding hydrogens is 498 g/mol. The Morgan fingerprint density at radius 3 is 2.54 bits per heavy atom. The van der Waals surface area contributed by atoms with E-state index < -0.39 is 11.6 Å². The van der Waals surface area contributed by atoms with Gasteiger partial charge in [-0.1, -0.05) is 6.42 Å². The maximum Gasteiger partial charge on any atom is 0.159 e. The van der Waals surface area contributed by atoms with Crippen molar-refractivity contribution in [2.45, 2.75) is 57.7 Å². The Morgan fingerprint density at radius 2 is 1.79 bits per heavy atom. The first kappa shape index (κ1) is 24.7. The van der Waals surface area contributed by atoms with Crippen molar-refractivity contribution in [1.82, 2.24) is 30.0 Å². The zero-order chi connectivity index (χ0) is 26.3. The molecule has 2 aromatic carbocycles. The molecule has 1 saturated heterocycles. The van der Waals surface area contributed by atoms with E-state index in [-0.39, 0.29) is 0 Å². The summed E-state index contributed by atoms with van der Waals surface area (Å²) in [7, 11) is 0. The van der Waals surface area contributed by atoms with Gasteiger partial charge >= 0.3 is 0 Å². The van der Waals surface area contributed by atoms with Crippen LogP contribution in [0.15, 0.2) is 36.4 Å². The van der Waals surface area contributed by atoms with Gasteiger partial charge in [0, 0.05) is 43.5 Å². The Hall–Kier alpha value is -3.30. The summed E-state index contributed by atoms with van der Waals surface area (Å²) in [5.74, 6) is 1.07. The molecule has 0 amide bonds. The molecule has 0 atom stereocenters. The van der Waals surface area contributed by atoms with Crippen molar-refractivity contribution in [3.8, 4) is 17.3 Å². The number of hydrogen-bond donors (Lipinski definition) is 2. The number of benzene rings is 2. The van der Waals surface area contributed by atoms with Gasteiger partial charge in [0.15, 0.2) is 5.82 Å². The second-order valence-electron chi connectivity index (χ2n) is 11.4. The average molecular weight is 533 g/mol. The number of likely N-dealkylation sites (tertiary alicyclic amines) is 1. The van der Waals surface area contributed by atoms with Crippen molar-refractivity contribution in [2.75, 3.05) is 26.2 Å². The summed E-state index contributed by atoms with van der Waals surface area (Å²) in [5.41, 5.74) is 4.53. The van der Waals surface area contributed by atoms with E-state index in [1.54, 1.807) is 0 Å². The molecule has 0 bridgehead atoms. The summed E-state index contributed by atoms with van der Waals surface area (Å²) in [6, 6.07) is 10.1. The summed E-state index contributed by atoms with van der Waals surface area (Å²) >= 11 is 0. The van der Waals surface area contributed by atoms with Crippen molar-refractivity contribution in [3.05, 3.63) is 65.0 Å². The van der Waals surface area contributed by atoms with Crippen LogP contribution in [0.5, 0.6) is 5.75 Å². The van der Waals surface area contributed by atoms with Gasteiger partial charge in [-0.2, -0.15) is 5.10 Å². The fraction of sp³-hybridized carbons (Fsp3) is 0.467. The van der Waals surface area contributed by atoms with Crippen LogP contribution in [0.2, 0.25) is 0 Å². The molecule has 7 rings (SSSR count). The number of ether oxygens (including phenoxy) is 1. The molecule has 9 heteroatoms. The van der Waals surface area contributed by atoms with Gasteiger partial charge in [0.1, 0.15) is 23.1 Å². The maximum absolute atomic E-state index is 13.5. The molecular formula is C30H34F2N6O. The highest BCUT2D eigenvalue weighted by atomic mass is 19.1. The Balaban J connectivity index is 0.972. The zero-order valence-corrected chi connectivity index (χ0v) is 22.1. The molecule has 2 aliphatic heterocycles. The van der Waals surface area contributed by atoms with E-state index in [0.29, 0.717) is 24.3 Å². The Morgan fingerprint density at radius 1 is 0.974 bits per heavy atom. The third-order valence-corrected chi connectivity index (χ3v) is 8.72. The third kappa shape index (κ3) is 5.17. The van der Waals surface area contributed by atoms with E-state index in [1.165, 1.54) is 63.0 Å². The van der Waals surface area contributed by atoms with Gasteiger partial charge < -0.3 is 14.6 Å². The van der Waals surface area contributed by atoms with Gasteiger partial charge in [0.25, 0.3) is 0 Å². The minimum Gasteiger partial charge on any atom is -0.493 e. The number of imidazole rings is 1. The van der Waals surface area contributed by atoms with Crippen LogP contribution in [0, 0.1) is 17.6 Å². The fourth-order valence-electron chi connectivity index (χ4n) is 6.36. The van der Waals surface area contributed by atoms with Gasteiger partial charge in [-0.3, -0.25) is 10.00 Å². The molecule has 204 valence electrons. The highest BCUT2D eigenvalue weighted by molar-refractivity contribution is 5.92. The van der Waals surface area contributed by atoms with E-state index in [9.17, 15) is 8.78 Å².